The number of hydrogen-bond acceptors (Lipinski definition) is 2. The lowest BCUT2D eigenvalue weighted by atomic mass is 9.87. The molecule has 0 amide bonds. The van der Waals surface area contributed by atoms with E-state index < -0.39 is 0 Å². The Labute approximate surface area is 55.8 Å². The third kappa shape index (κ3) is 0.775. The summed E-state index contributed by atoms with van der Waals surface area (Å²) in [5, 5.41) is 0. The SMILES string of the molecule is CN1CCOC2CC[C@@H]21. The molecule has 1 aliphatic heterocycles. The van der Waals surface area contributed by atoms with Crippen molar-refractivity contribution in [2.24, 2.45) is 0 Å². The quantitative estimate of drug-likeness (QED) is 0.469. The summed E-state index contributed by atoms with van der Waals surface area (Å²) in [7, 11) is 2.19. The lowest BCUT2D eigenvalue weighted by Gasteiger charge is -2.46. The summed E-state index contributed by atoms with van der Waals surface area (Å²) in [6, 6.07) is 0.763. The minimum absolute atomic E-state index is 0.587. The molecule has 0 N–H and O–H groups in total. The summed E-state index contributed by atoms with van der Waals surface area (Å²) in [4.78, 5) is 2.41. The van der Waals surface area contributed by atoms with E-state index in [1.54, 1.807) is 0 Å². The van der Waals surface area contributed by atoms with Crippen molar-refractivity contribution in [3.05, 3.63) is 0 Å². The first-order valence-electron chi connectivity index (χ1n) is 3.70. The third-order valence-corrected chi connectivity index (χ3v) is 2.52. The smallest absolute Gasteiger partial charge is 0.0731 e. The van der Waals surface area contributed by atoms with Gasteiger partial charge < -0.3 is 4.74 Å². The summed E-state index contributed by atoms with van der Waals surface area (Å²) in [5.74, 6) is 0. The summed E-state index contributed by atoms with van der Waals surface area (Å²) in [6.45, 7) is 2.07. The van der Waals surface area contributed by atoms with Gasteiger partial charge in [-0.2, -0.15) is 0 Å². The predicted molar refractivity (Wildman–Crippen MR) is 35.4 cm³/mol. The van der Waals surface area contributed by atoms with Gasteiger partial charge in [0.1, 0.15) is 0 Å². The Morgan fingerprint density at radius 2 is 2.33 bits per heavy atom. The van der Waals surface area contributed by atoms with E-state index in [-0.39, 0.29) is 0 Å². The fourth-order valence-electron chi connectivity index (χ4n) is 1.66. The van der Waals surface area contributed by atoms with Gasteiger partial charge in [0.05, 0.1) is 12.7 Å². The van der Waals surface area contributed by atoms with Gasteiger partial charge in [-0.15, -0.1) is 0 Å². The summed E-state index contributed by atoms with van der Waals surface area (Å²) < 4.78 is 5.51. The number of fused-ring (bicyclic) bond motifs is 1. The molecule has 2 aliphatic rings. The largest absolute Gasteiger partial charge is 0.375 e. The molecule has 2 rings (SSSR count). The molecule has 52 valence electrons. The highest BCUT2D eigenvalue weighted by molar-refractivity contribution is 4.91. The average molecular weight is 127 g/mol. The Kier molecular flexibility index (Phi) is 1.24. The van der Waals surface area contributed by atoms with Crippen molar-refractivity contribution in [1.29, 1.82) is 0 Å². The molecule has 0 bridgehead atoms. The molecule has 0 aromatic carbocycles. The van der Waals surface area contributed by atoms with Gasteiger partial charge in [0, 0.05) is 12.6 Å². The molecule has 1 aliphatic carbocycles. The maximum atomic E-state index is 5.51. The fraction of sp³-hybridized carbons (Fsp3) is 1.00. The van der Waals surface area contributed by atoms with E-state index in [1.165, 1.54) is 12.8 Å². The number of rotatable bonds is 0. The Bertz CT molecular complexity index is 109. The molecule has 2 fully saturated rings. The van der Waals surface area contributed by atoms with E-state index in [4.69, 9.17) is 4.74 Å². The Morgan fingerprint density at radius 3 is 2.78 bits per heavy atom. The first kappa shape index (κ1) is 5.69. The summed E-state index contributed by atoms with van der Waals surface area (Å²) in [5.41, 5.74) is 0. The molecule has 1 saturated heterocycles. The van der Waals surface area contributed by atoms with Gasteiger partial charge in [0.25, 0.3) is 0 Å². The summed E-state index contributed by atoms with van der Waals surface area (Å²) >= 11 is 0. The van der Waals surface area contributed by atoms with Crippen molar-refractivity contribution in [1.82, 2.24) is 4.90 Å². The second-order valence-corrected chi connectivity index (χ2v) is 3.03. The number of hydrogen-bond donors (Lipinski definition) is 0. The first-order valence-corrected chi connectivity index (χ1v) is 3.70. The molecule has 0 aromatic rings. The van der Waals surface area contributed by atoms with Gasteiger partial charge in [0.15, 0.2) is 0 Å². The number of morpholine rings is 1. The molecule has 2 atom stereocenters. The molecule has 2 nitrogen and oxygen atoms in total. The zero-order chi connectivity index (χ0) is 6.27. The second kappa shape index (κ2) is 1.96. The molecule has 2 heteroatoms. The fourth-order valence-corrected chi connectivity index (χ4v) is 1.66. The predicted octanol–water partition coefficient (Wildman–Crippen LogP) is 0.479. The van der Waals surface area contributed by atoms with E-state index in [0.717, 1.165) is 19.2 Å². The van der Waals surface area contributed by atoms with Crippen LogP contribution in [0.25, 0.3) is 0 Å². The maximum Gasteiger partial charge on any atom is 0.0731 e. The van der Waals surface area contributed by atoms with Gasteiger partial charge in [-0.1, -0.05) is 0 Å². The number of ether oxygens (including phenoxy) is 1. The third-order valence-electron chi connectivity index (χ3n) is 2.52. The van der Waals surface area contributed by atoms with E-state index >= 15 is 0 Å². The monoisotopic (exact) mass is 127 g/mol. The van der Waals surface area contributed by atoms with E-state index in [2.05, 4.69) is 11.9 Å². The van der Waals surface area contributed by atoms with Gasteiger partial charge in [-0.3, -0.25) is 4.90 Å². The maximum absolute atomic E-state index is 5.51. The molecule has 0 spiro atoms. The second-order valence-electron chi connectivity index (χ2n) is 3.03. The van der Waals surface area contributed by atoms with Crippen LogP contribution in [-0.2, 0) is 4.74 Å². The normalized spacial score (nSPS) is 43.7. The van der Waals surface area contributed by atoms with Crippen molar-refractivity contribution in [2.45, 2.75) is 25.0 Å². The zero-order valence-corrected chi connectivity index (χ0v) is 5.84. The van der Waals surface area contributed by atoms with Crippen LogP contribution in [0.2, 0.25) is 0 Å². The van der Waals surface area contributed by atoms with E-state index in [0.29, 0.717) is 6.10 Å². The number of nitrogens with zero attached hydrogens (tertiary/aromatic N) is 1. The van der Waals surface area contributed by atoms with Crippen LogP contribution in [0.15, 0.2) is 0 Å². The van der Waals surface area contributed by atoms with Crippen LogP contribution in [0.5, 0.6) is 0 Å². The highest BCUT2D eigenvalue weighted by Gasteiger charge is 2.37. The molecular weight excluding hydrogens is 114 g/mol. The standard InChI is InChI=1S/C7H13NO/c1-8-4-5-9-7-3-2-6(7)8/h6-7H,2-5H2,1H3/t6-,7?/m0/s1. The molecule has 1 heterocycles. The molecular formula is C7H13NO. The number of likely N-dealkylation sites (N-methyl/N-ethyl adjacent to an activating group) is 1. The van der Waals surface area contributed by atoms with Gasteiger partial charge in [0.2, 0.25) is 0 Å². The van der Waals surface area contributed by atoms with Crippen LogP contribution in [0.4, 0.5) is 0 Å². The van der Waals surface area contributed by atoms with Crippen LogP contribution in [0.3, 0.4) is 0 Å². The van der Waals surface area contributed by atoms with Crippen molar-refractivity contribution < 1.29 is 4.74 Å². The van der Waals surface area contributed by atoms with Gasteiger partial charge >= 0.3 is 0 Å². The van der Waals surface area contributed by atoms with E-state index in [1.807, 2.05) is 0 Å². The topological polar surface area (TPSA) is 12.5 Å². The lowest BCUT2D eigenvalue weighted by Crippen LogP contribution is -2.55. The van der Waals surface area contributed by atoms with E-state index in [9.17, 15) is 0 Å². The lowest BCUT2D eigenvalue weighted by molar-refractivity contribution is -0.111. The Balaban J connectivity index is 1.98. The van der Waals surface area contributed by atoms with Gasteiger partial charge in [-0.05, 0) is 19.9 Å². The molecule has 1 unspecified atom stereocenters. The highest BCUT2D eigenvalue weighted by Crippen LogP contribution is 2.29. The minimum atomic E-state index is 0.587. The Hall–Kier alpha value is -0.0800. The van der Waals surface area contributed by atoms with Crippen molar-refractivity contribution in [2.75, 3.05) is 20.2 Å². The Morgan fingerprint density at radius 1 is 1.44 bits per heavy atom. The van der Waals surface area contributed by atoms with Crippen molar-refractivity contribution in [3.63, 3.8) is 0 Å². The van der Waals surface area contributed by atoms with Crippen molar-refractivity contribution in [3.8, 4) is 0 Å². The first-order chi connectivity index (χ1) is 4.38. The van der Waals surface area contributed by atoms with Crippen LogP contribution < -0.4 is 0 Å². The average Bonchev–Trinajstić information content (AvgIpc) is 1.74. The highest BCUT2D eigenvalue weighted by atomic mass is 16.5. The van der Waals surface area contributed by atoms with Crippen LogP contribution in [-0.4, -0.2) is 37.2 Å². The zero-order valence-electron chi connectivity index (χ0n) is 5.84. The summed E-state index contributed by atoms with van der Waals surface area (Å²) in [6.07, 6.45) is 3.22. The van der Waals surface area contributed by atoms with Crippen LogP contribution in [0.1, 0.15) is 12.8 Å². The van der Waals surface area contributed by atoms with Crippen LogP contribution >= 0.6 is 0 Å². The molecule has 9 heavy (non-hydrogen) atoms. The molecule has 1 saturated carbocycles. The minimum Gasteiger partial charge on any atom is -0.375 e. The van der Waals surface area contributed by atoms with Crippen molar-refractivity contribution >= 4 is 0 Å². The molecule has 0 radical (unpaired) electrons. The van der Waals surface area contributed by atoms with Crippen LogP contribution in [0, 0.1) is 0 Å². The van der Waals surface area contributed by atoms with Gasteiger partial charge in [-0.25, -0.2) is 0 Å². The molecule has 0 aromatic heterocycles.